The molecule has 0 fully saturated rings. The fourth-order valence-electron chi connectivity index (χ4n) is 8.54. The Morgan fingerprint density at radius 3 is 1.69 bits per heavy atom. The predicted molar refractivity (Wildman–Crippen MR) is 329 cm³/mol. The van der Waals surface area contributed by atoms with Gasteiger partial charge in [0.15, 0.2) is 0 Å². The highest BCUT2D eigenvalue weighted by atomic mass is 35.5. The smallest absolute Gasteiger partial charge is 0.134 e. The van der Waals surface area contributed by atoms with Gasteiger partial charge >= 0.3 is 0 Å². The third-order valence-electron chi connectivity index (χ3n) is 13.5. The van der Waals surface area contributed by atoms with Crippen molar-refractivity contribution in [1.29, 1.82) is 0 Å². The summed E-state index contributed by atoms with van der Waals surface area (Å²) in [4.78, 5) is 0. The number of allylic oxidation sites excluding steroid dienone is 2. The highest BCUT2D eigenvalue weighted by Gasteiger charge is 2.25. The van der Waals surface area contributed by atoms with E-state index >= 15 is 0 Å². The summed E-state index contributed by atoms with van der Waals surface area (Å²) in [6.07, 6.45) is 14.3. The average molecular weight is 1060 g/mol. The van der Waals surface area contributed by atoms with Crippen LogP contribution in [0.2, 0.25) is 5.02 Å². The number of fused-ring (bicyclic) bond motifs is 5. The molecule has 0 spiro atoms. The van der Waals surface area contributed by atoms with Crippen LogP contribution in [-0.4, -0.2) is 21.2 Å². The van der Waals surface area contributed by atoms with Crippen molar-refractivity contribution in [3.8, 4) is 0 Å². The van der Waals surface area contributed by atoms with Crippen LogP contribution in [0, 0.1) is 12.3 Å². The number of halogens is 1. The summed E-state index contributed by atoms with van der Waals surface area (Å²) in [6, 6.07) is 41.7. The molecule has 7 nitrogen and oxygen atoms in total. The van der Waals surface area contributed by atoms with Gasteiger partial charge in [-0.3, -0.25) is 10.1 Å². The van der Waals surface area contributed by atoms with Crippen LogP contribution in [0.15, 0.2) is 183 Å². The van der Waals surface area contributed by atoms with Gasteiger partial charge in [0.25, 0.3) is 0 Å². The second-order valence-electron chi connectivity index (χ2n) is 26.4. The molecule has 2 N–H and O–H groups in total. The lowest BCUT2D eigenvalue weighted by Gasteiger charge is -2.30. The van der Waals surface area contributed by atoms with E-state index in [1.165, 1.54) is 49.4 Å². The Morgan fingerprint density at radius 1 is 0.519 bits per heavy atom. The lowest BCUT2D eigenvalue weighted by Crippen LogP contribution is -2.34. The maximum Gasteiger partial charge on any atom is 0.134 e. The topological polar surface area (TPSA) is 83.4 Å². The van der Waals surface area contributed by atoms with E-state index in [0.717, 1.165) is 38.8 Å². The molecule has 0 amide bonds. The average Bonchev–Trinajstić information content (AvgIpc) is 4.21. The van der Waals surface area contributed by atoms with Crippen molar-refractivity contribution in [2.24, 2.45) is 5.41 Å². The molecule has 1 atom stereocenters. The molecular formula is C69H87ClN4O3. The number of aromatic amines is 1. The maximum atomic E-state index is 5.86. The summed E-state index contributed by atoms with van der Waals surface area (Å²) >= 11 is 5.76. The minimum atomic E-state index is 0.0864. The number of benzene rings is 5. The van der Waals surface area contributed by atoms with Crippen LogP contribution in [0.25, 0.3) is 43.8 Å². The molecule has 0 saturated carbocycles. The highest BCUT2D eigenvalue weighted by Crippen LogP contribution is 2.35. The normalized spacial score (nSPS) is 14.4. The standard InChI is InChI=1S/C13H16O.2C12H14O.C11H14N2.C11H16N2.C10H13Cl/c1-9-10-7-5-6-8-11(10)14-12(9)13(2,3)4;1-12(2,3)10-5-4-9-6-7-13-11(9)8-10;1-12(2,3)11-8-9-6-4-5-7-10(9)13-11;1-11(2,3)9-5-4-8-7-12-13-10(8)6-9;1-11(2,3)9-4-5-10-6-7-12-13(10)8-9;1-10(2,3)8-4-6-9(11)7-5-8/h5-8H,1-4H3;2*4-8H,1-3H3;4-7H,1-3H3,(H,12,13);4-8,10,12H,1-3H3;4-7H,1-3H3. The Kier molecular flexibility index (Phi) is 18.5. The van der Waals surface area contributed by atoms with Gasteiger partial charge in [-0.05, 0) is 111 Å². The molecule has 0 bridgehead atoms. The first-order valence-electron chi connectivity index (χ1n) is 27.1. The van der Waals surface area contributed by atoms with Gasteiger partial charge in [-0.1, -0.05) is 221 Å². The number of hydrogen-bond donors (Lipinski definition) is 2. The van der Waals surface area contributed by atoms with Gasteiger partial charge in [-0.15, -0.1) is 0 Å². The van der Waals surface area contributed by atoms with Crippen molar-refractivity contribution in [3.63, 3.8) is 0 Å². The summed E-state index contributed by atoms with van der Waals surface area (Å²) in [5.41, 5.74) is 14.9. The number of para-hydroxylation sites is 2. The van der Waals surface area contributed by atoms with E-state index in [4.69, 9.17) is 24.9 Å². The number of furan rings is 3. The van der Waals surface area contributed by atoms with Crippen molar-refractivity contribution in [2.75, 3.05) is 0 Å². The molecule has 408 valence electrons. The van der Waals surface area contributed by atoms with Gasteiger partial charge in [-0.25, -0.2) is 0 Å². The molecule has 0 aliphatic carbocycles. The molecule has 77 heavy (non-hydrogen) atoms. The zero-order valence-electron chi connectivity index (χ0n) is 49.7. The molecule has 6 heterocycles. The van der Waals surface area contributed by atoms with Crippen molar-refractivity contribution in [3.05, 3.63) is 209 Å². The van der Waals surface area contributed by atoms with Crippen LogP contribution in [0.3, 0.4) is 0 Å². The quantitative estimate of drug-likeness (QED) is 0.157. The van der Waals surface area contributed by atoms with Gasteiger partial charge in [0.1, 0.15) is 28.3 Å². The van der Waals surface area contributed by atoms with Crippen LogP contribution >= 0.6 is 11.6 Å². The molecule has 2 aliphatic rings. The number of nitrogens with one attached hydrogen (secondary N) is 2. The number of aromatic nitrogens is 2. The molecule has 9 aromatic rings. The second kappa shape index (κ2) is 23.9. The lowest BCUT2D eigenvalue weighted by atomic mass is 9.85. The monoisotopic (exact) mass is 1050 g/mol. The molecule has 11 rings (SSSR count). The first-order valence-corrected chi connectivity index (χ1v) is 27.4. The Morgan fingerprint density at radius 2 is 1.10 bits per heavy atom. The van der Waals surface area contributed by atoms with E-state index in [0.29, 0.717) is 6.04 Å². The van der Waals surface area contributed by atoms with E-state index in [1.54, 1.807) is 6.26 Å². The minimum Gasteiger partial charge on any atom is -0.464 e. The van der Waals surface area contributed by atoms with Gasteiger partial charge in [0.05, 0.1) is 24.0 Å². The number of H-pyrrole nitrogens is 1. The van der Waals surface area contributed by atoms with Crippen LogP contribution < -0.4 is 5.43 Å². The van der Waals surface area contributed by atoms with Gasteiger partial charge in [0, 0.05) is 49.8 Å². The van der Waals surface area contributed by atoms with Gasteiger partial charge in [-0.2, -0.15) is 5.10 Å². The summed E-state index contributed by atoms with van der Waals surface area (Å²) in [6.45, 7) is 41.7. The molecule has 1 unspecified atom stereocenters. The molecule has 0 radical (unpaired) electrons. The van der Waals surface area contributed by atoms with Crippen molar-refractivity contribution < 1.29 is 13.3 Å². The maximum absolute atomic E-state index is 5.86. The van der Waals surface area contributed by atoms with Crippen molar-refractivity contribution >= 4 is 55.4 Å². The SMILES string of the molecule is CC(C)(C)C1=CN2NC=CC2C=C1.CC(C)(C)c1cc2ccccc2o1.CC(C)(C)c1ccc(Cl)cc1.CC(C)(C)c1ccc2ccoc2c1.CC(C)(C)c1ccc2cn[nH]c2c1.Cc1c(C(C)(C)C)oc2ccccc12. The van der Waals surface area contributed by atoms with Crippen LogP contribution in [0.5, 0.6) is 0 Å². The zero-order valence-corrected chi connectivity index (χ0v) is 50.4. The first kappa shape index (κ1) is 59.5. The van der Waals surface area contributed by atoms with E-state index in [9.17, 15) is 0 Å². The predicted octanol–water partition coefficient (Wildman–Crippen LogP) is 20.2. The molecular weight excluding hydrogens is 968 g/mol. The Bertz CT molecular complexity index is 3290. The fraction of sp³-hybridized carbons (Fsp3) is 0.377. The lowest BCUT2D eigenvalue weighted by molar-refractivity contribution is 0.312. The summed E-state index contributed by atoms with van der Waals surface area (Å²) in [5.74, 6) is 2.15. The molecule has 4 aromatic heterocycles. The van der Waals surface area contributed by atoms with E-state index in [1.807, 2.05) is 60.9 Å². The number of rotatable bonds is 0. The third-order valence-corrected chi connectivity index (χ3v) is 13.7. The summed E-state index contributed by atoms with van der Waals surface area (Å²) in [7, 11) is 0. The fourth-order valence-corrected chi connectivity index (χ4v) is 8.67. The summed E-state index contributed by atoms with van der Waals surface area (Å²) in [5, 5.41) is 14.7. The number of aryl methyl sites for hydroxylation is 1. The number of hydrogen-bond acceptors (Lipinski definition) is 6. The van der Waals surface area contributed by atoms with E-state index < -0.39 is 0 Å². The third kappa shape index (κ3) is 16.4. The second-order valence-corrected chi connectivity index (χ2v) is 26.8. The number of hydrazine groups is 1. The number of nitrogens with zero attached hydrogens (tertiary/aromatic N) is 2. The summed E-state index contributed by atoms with van der Waals surface area (Å²) < 4.78 is 16.9. The first-order chi connectivity index (χ1) is 35.8. The Labute approximate surface area is 465 Å². The Balaban J connectivity index is 0.000000150. The molecule has 2 aliphatic heterocycles. The van der Waals surface area contributed by atoms with Crippen LogP contribution in [0.4, 0.5) is 0 Å². The largest absolute Gasteiger partial charge is 0.464 e. The Hall–Kier alpha value is -6.70. The van der Waals surface area contributed by atoms with E-state index in [2.05, 4.69) is 249 Å². The highest BCUT2D eigenvalue weighted by molar-refractivity contribution is 6.30. The van der Waals surface area contributed by atoms with Gasteiger partial charge < -0.3 is 18.7 Å². The minimum absolute atomic E-state index is 0.0864. The van der Waals surface area contributed by atoms with Crippen molar-refractivity contribution in [2.45, 2.75) is 165 Å². The van der Waals surface area contributed by atoms with Gasteiger partial charge in [0.2, 0.25) is 0 Å². The van der Waals surface area contributed by atoms with Crippen LogP contribution in [-0.2, 0) is 27.1 Å². The molecule has 8 heteroatoms. The van der Waals surface area contributed by atoms with Crippen molar-refractivity contribution in [1.82, 2.24) is 20.6 Å². The zero-order chi connectivity index (χ0) is 56.7. The van der Waals surface area contributed by atoms with E-state index in [-0.39, 0.29) is 32.5 Å². The van der Waals surface area contributed by atoms with Crippen LogP contribution in [0.1, 0.15) is 158 Å². The molecule has 5 aromatic carbocycles. The molecule has 0 saturated heterocycles.